The second-order valence-corrected chi connectivity index (χ2v) is 20.8. The van der Waals surface area contributed by atoms with Crippen molar-refractivity contribution in [3.63, 3.8) is 0 Å². The minimum atomic E-state index is -1.57. The van der Waals surface area contributed by atoms with Gasteiger partial charge >= 0.3 is 0 Å². The molecule has 0 aromatic rings. The van der Waals surface area contributed by atoms with Gasteiger partial charge in [-0.15, -0.1) is 0 Å². The summed E-state index contributed by atoms with van der Waals surface area (Å²) in [5.41, 5.74) is 0. The first-order valence-electron chi connectivity index (χ1n) is 30.4. The topological polar surface area (TPSA) is 149 Å². The molecule has 0 radical (unpaired) electrons. The Hall–Kier alpha value is -2.89. The number of carbonyl (C=O) groups is 1. The fourth-order valence-corrected chi connectivity index (χ4v) is 9.18. The largest absolute Gasteiger partial charge is 0.394 e. The van der Waals surface area contributed by atoms with E-state index in [4.69, 9.17) is 9.47 Å². The van der Waals surface area contributed by atoms with Gasteiger partial charge in [0.2, 0.25) is 5.91 Å². The molecule has 0 bridgehead atoms. The molecule has 1 aliphatic heterocycles. The summed E-state index contributed by atoms with van der Waals surface area (Å²) in [7, 11) is 0. The summed E-state index contributed by atoms with van der Waals surface area (Å²) in [5.74, 6) is -0.188. The van der Waals surface area contributed by atoms with Crippen molar-refractivity contribution in [2.24, 2.45) is 0 Å². The van der Waals surface area contributed by atoms with E-state index in [0.717, 1.165) is 83.5 Å². The van der Waals surface area contributed by atoms with Gasteiger partial charge in [0.25, 0.3) is 0 Å². The van der Waals surface area contributed by atoms with E-state index in [9.17, 15) is 30.3 Å². The summed E-state index contributed by atoms with van der Waals surface area (Å²) in [6, 6.07) is -0.751. The van der Waals surface area contributed by atoms with Crippen LogP contribution in [0, 0.1) is 0 Å². The molecule has 1 amide bonds. The third-order valence-corrected chi connectivity index (χ3v) is 14.0. The summed E-state index contributed by atoms with van der Waals surface area (Å²) in [6.45, 7) is 3.71. The summed E-state index contributed by atoms with van der Waals surface area (Å²) in [5, 5.41) is 54.7. The predicted octanol–water partition coefficient (Wildman–Crippen LogP) is 15.6. The minimum Gasteiger partial charge on any atom is -0.394 e. The van der Waals surface area contributed by atoms with E-state index in [-0.39, 0.29) is 12.5 Å². The van der Waals surface area contributed by atoms with Gasteiger partial charge in [-0.05, 0) is 77.0 Å². The van der Waals surface area contributed by atoms with Crippen molar-refractivity contribution >= 4 is 5.91 Å². The fraction of sp³-hybridized carbons (Fsp3) is 0.738. The molecule has 9 heteroatoms. The van der Waals surface area contributed by atoms with Gasteiger partial charge in [-0.25, -0.2) is 0 Å². The van der Waals surface area contributed by atoms with Crippen LogP contribution in [-0.2, 0) is 14.3 Å². The molecular weight excluding hydrogens is 923 g/mol. The van der Waals surface area contributed by atoms with E-state index < -0.39 is 49.5 Å². The monoisotopic (exact) mass is 1040 g/mol. The van der Waals surface area contributed by atoms with E-state index in [0.29, 0.717) is 19.3 Å². The summed E-state index contributed by atoms with van der Waals surface area (Å²) in [4.78, 5) is 13.1. The number of ether oxygens (including phenoxy) is 2. The van der Waals surface area contributed by atoms with Crippen molar-refractivity contribution in [2.75, 3.05) is 13.2 Å². The lowest BCUT2D eigenvalue weighted by Gasteiger charge is -2.40. The zero-order valence-electron chi connectivity index (χ0n) is 47.3. The lowest BCUT2D eigenvalue weighted by Crippen LogP contribution is -2.60. The van der Waals surface area contributed by atoms with E-state index in [2.05, 4.69) is 116 Å². The van der Waals surface area contributed by atoms with Crippen LogP contribution >= 0.6 is 0 Å². The van der Waals surface area contributed by atoms with Crippen LogP contribution < -0.4 is 5.32 Å². The van der Waals surface area contributed by atoms with Crippen molar-refractivity contribution in [1.82, 2.24) is 5.32 Å². The van der Waals surface area contributed by atoms with Crippen LogP contribution in [0.2, 0.25) is 0 Å². The molecule has 426 valence electrons. The third kappa shape index (κ3) is 42.2. The fourth-order valence-electron chi connectivity index (χ4n) is 9.18. The van der Waals surface area contributed by atoms with E-state index in [1.165, 1.54) is 135 Å². The molecule has 0 aliphatic carbocycles. The van der Waals surface area contributed by atoms with Crippen LogP contribution in [-0.4, -0.2) is 87.5 Å². The maximum atomic E-state index is 13.1. The lowest BCUT2D eigenvalue weighted by molar-refractivity contribution is -0.302. The van der Waals surface area contributed by atoms with Crippen molar-refractivity contribution in [2.45, 2.75) is 294 Å². The van der Waals surface area contributed by atoms with Gasteiger partial charge in [-0.3, -0.25) is 4.79 Å². The van der Waals surface area contributed by atoms with Gasteiger partial charge in [0.1, 0.15) is 24.4 Å². The highest BCUT2D eigenvalue weighted by atomic mass is 16.7. The number of hydrogen-bond acceptors (Lipinski definition) is 8. The summed E-state index contributed by atoms with van der Waals surface area (Å²) >= 11 is 0. The van der Waals surface area contributed by atoms with Gasteiger partial charge in [0.05, 0.1) is 25.4 Å². The number of nitrogens with one attached hydrogen (secondary N) is 1. The van der Waals surface area contributed by atoms with Gasteiger partial charge in [0, 0.05) is 6.42 Å². The Balaban J connectivity index is 2.25. The van der Waals surface area contributed by atoms with Crippen molar-refractivity contribution < 1.29 is 39.8 Å². The molecule has 0 aromatic carbocycles. The third-order valence-electron chi connectivity index (χ3n) is 14.0. The highest BCUT2D eigenvalue weighted by Crippen LogP contribution is 2.23. The molecule has 74 heavy (non-hydrogen) atoms. The van der Waals surface area contributed by atoms with Gasteiger partial charge in [0.15, 0.2) is 6.29 Å². The zero-order chi connectivity index (χ0) is 53.6. The van der Waals surface area contributed by atoms with Crippen molar-refractivity contribution in [3.8, 4) is 0 Å². The number of unbranched alkanes of at least 4 members (excludes halogenated alkanes) is 25. The molecule has 6 N–H and O–H groups in total. The smallest absolute Gasteiger partial charge is 0.220 e. The first kappa shape index (κ1) is 69.1. The Morgan fingerprint density at radius 2 is 0.838 bits per heavy atom. The highest BCUT2D eigenvalue weighted by Gasteiger charge is 2.44. The summed E-state index contributed by atoms with van der Waals surface area (Å²) < 4.78 is 11.3. The van der Waals surface area contributed by atoms with Crippen LogP contribution in [0.15, 0.2) is 97.2 Å². The van der Waals surface area contributed by atoms with E-state index >= 15 is 0 Å². The Bertz CT molecular complexity index is 1480. The quantitative estimate of drug-likeness (QED) is 0.0261. The number of allylic oxidation sites excluding steroid dienone is 16. The zero-order valence-corrected chi connectivity index (χ0v) is 47.3. The van der Waals surface area contributed by atoms with Crippen molar-refractivity contribution in [3.05, 3.63) is 97.2 Å². The Morgan fingerprint density at radius 1 is 0.473 bits per heavy atom. The Morgan fingerprint density at radius 3 is 1.22 bits per heavy atom. The van der Waals surface area contributed by atoms with Crippen LogP contribution in [0.4, 0.5) is 0 Å². The van der Waals surface area contributed by atoms with Crippen LogP contribution in [0.5, 0.6) is 0 Å². The molecular formula is C65H113NO8. The lowest BCUT2D eigenvalue weighted by atomic mass is 9.99. The van der Waals surface area contributed by atoms with Crippen LogP contribution in [0.1, 0.15) is 251 Å². The van der Waals surface area contributed by atoms with Crippen LogP contribution in [0.3, 0.4) is 0 Å². The standard InChI is InChI=1S/C65H113NO8/c1-3-5-7-9-11-13-15-17-19-21-23-25-27-29-30-31-33-35-37-39-41-43-45-47-49-51-53-55-61(69)66-58(57-73-65-64(72)63(71)62(70)60(56-67)74-65)59(68)54-52-50-48-46-44-42-40-38-36-34-32-28-26-24-22-20-18-16-14-12-10-8-6-4-2/h5,7,11,13,17,19,23,25,29-30,33,35,39,41,45,47,58-60,62-65,67-68,70-72H,3-4,6,8-10,12,14-16,18,20-22,24,26-28,31-32,34,36-38,40,42-44,46,48-57H2,1-2H3,(H,66,69)/b7-5-,13-11-,19-17-,25-23-,30-29-,35-33-,41-39-,47-45-. The molecule has 0 spiro atoms. The molecule has 7 atom stereocenters. The van der Waals surface area contributed by atoms with Gasteiger partial charge < -0.3 is 40.3 Å². The SMILES string of the molecule is CC/C=C\C/C=C\C/C=C\C/C=C\C/C=C\C/C=C\C/C=C\C/C=C\CCCCC(=O)NC(COC1OC(CO)C(O)C(O)C1O)C(O)CCCCCCCCCCCCCCCCCCCCCCCCCC. The van der Waals surface area contributed by atoms with Crippen molar-refractivity contribution in [1.29, 1.82) is 0 Å². The second-order valence-electron chi connectivity index (χ2n) is 20.8. The maximum absolute atomic E-state index is 13.1. The minimum absolute atomic E-state index is 0.161. The molecule has 0 saturated carbocycles. The number of aliphatic hydroxyl groups excluding tert-OH is 5. The predicted molar refractivity (Wildman–Crippen MR) is 313 cm³/mol. The molecule has 7 unspecified atom stereocenters. The second kappa shape index (κ2) is 53.5. The molecule has 1 heterocycles. The average Bonchev–Trinajstić information content (AvgIpc) is 3.40. The molecule has 9 nitrogen and oxygen atoms in total. The number of hydrogen-bond donors (Lipinski definition) is 6. The van der Waals surface area contributed by atoms with Gasteiger partial charge in [-0.1, -0.05) is 265 Å². The molecule has 1 fully saturated rings. The maximum Gasteiger partial charge on any atom is 0.220 e. The number of carbonyl (C=O) groups excluding carboxylic acids is 1. The summed E-state index contributed by atoms with van der Waals surface area (Å²) in [6.07, 6.45) is 70.1. The number of amides is 1. The highest BCUT2D eigenvalue weighted by molar-refractivity contribution is 5.76. The first-order valence-corrected chi connectivity index (χ1v) is 30.4. The Kier molecular flexibility index (Phi) is 50.0. The molecule has 1 saturated heterocycles. The van der Waals surface area contributed by atoms with E-state index in [1.807, 2.05) is 0 Å². The van der Waals surface area contributed by atoms with Gasteiger partial charge in [-0.2, -0.15) is 0 Å². The average molecular weight is 1040 g/mol. The van der Waals surface area contributed by atoms with Crippen LogP contribution in [0.25, 0.3) is 0 Å². The number of aliphatic hydroxyl groups is 5. The first-order chi connectivity index (χ1) is 36.3. The molecule has 1 aliphatic rings. The normalized spacial score (nSPS) is 19.7. The van der Waals surface area contributed by atoms with E-state index in [1.54, 1.807) is 0 Å². The molecule has 1 rings (SSSR count). The Labute approximate surface area is 453 Å². The molecule has 0 aromatic heterocycles. The number of rotatable bonds is 51.